The van der Waals surface area contributed by atoms with Gasteiger partial charge in [-0.25, -0.2) is 4.79 Å². The summed E-state index contributed by atoms with van der Waals surface area (Å²) in [6.45, 7) is 5.88. The van der Waals surface area contributed by atoms with Crippen LogP contribution >= 0.6 is 0 Å². The molecule has 0 aliphatic rings. The molecule has 0 unspecified atom stereocenters. The number of carboxylic acids is 1. The summed E-state index contributed by atoms with van der Waals surface area (Å²) in [5.41, 5.74) is 9.96. The molecule has 0 aromatic heterocycles. The number of guanidine groups is 1. The minimum Gasteiger partial charge on any atom is -0.481 e. The van der Waals surface area contributed by atoms with Gasteiger partial charge in [-0.05, 0) is 12.1 Å². The van der Waals surface area contributed by atoms with Gasteiger partial charge in [-0.2, -0.15) is 0 Å². The maximum Gasteiger partial charge on any atom is 0.361 e. The van der Waals surface area contributed by atoms with E-state index in [0.29, 0.717) is 0 Å². The van der Waals surface area contributed by atoms with Crippen molar-refractivity contribution in [2.75, 3.05) is 0 Å². The molecule has 0 rings (SSSR count). The molecule has 80 valence electrons. The highest BCUT2D eigenvalue weighted by Crippen LogP contribution is 1.90. The quantitative estimate of drug-likeness (QED) is 0.180. The molecule has 0 saturated heterocycles. The van der Waals surface area contributed by atoms with Crippen LogP contribution in [0.2, 0.25) is 0 Å². The van der Waals surface area contributed by atoms with Crippen molar-refractivity contribution < 1.29 is 19.5 Å². The fourth-order valence-corrected chi connectivity index (χ4v) is 0.172. The second kappa shape index (κ2) is 7.59. The summed E-state index contributed by atoms with van der Waals surface area (Å²) in [5, 5.41) is 10.4. The van der Waals surface area contributed by atoms with E-state index in [1.165, 1.54) is 6.92 Å². The zero-order valence-electron chi connectivity index (χ0n) is 7.98. The van der Waals surface area contributed by atoms with Crippen LogP contribution in [0.25, 0.3) is 0 Å². The number of hydrogen-bond acceptors (Lipinski definition) is 4. The van der Waals surface area contributed by atoms with Gasteiger partial charge in [0.2, 0.25) is 5.96 Å². The molecule has 0 bridgehead atoms. The zero-order chi connectivity index (χ0) is 11.7. The molecule has 0 fully saturated rings. The van der Waals surface area contributed by atoms with Crippen LogP contribution in [-0.4, -0.2) is 23.0 Å². The first kappa shape index (κ1) is 14.5. The van der Waals surface area contributed by atoms with E-state index in [2.05, 4.69) is 16.6 Å². The lowest BCUT2D eigenvalue weighted by Gasteiger charge is -1.93. The van der Waals surface area contributed by atoms with Gasteiger partial charge in [0.1, 0.15) is 0 Å². The van der Waals surface area contributed by atoms with E-state index in [1.54, 1.807) is 0 Å². The van der Waals surface area contributed by atoms with Gasteiger partial charge in [-0.3, -0.25) is 4.79 Å². The Bertz CT molecular complexity index is 252. The molecule has 0 saturated carbocycles. The Morgan fingerprint density at radius 1 is 1.36 bits per heavy atom. The molecule has 0 aromatic carbocycles. The van der Waals surface area contributed by atoms with E-state index in [9.17, 15) is 4.79 Å². The molecule has 0 aliphatic heterocycles. The summed E-state index contributed by atoms with van der Waals surface area (Å²) in [6, 6.07) is 0. The number of carbonyl (C=O) groups excluding carboxylic acids is 1. The van der Waals surface area contributed by atoms with E-state index in [-0.39, 0.29) is 11.5 Å². The highest BCUT2D eigenvalue weighted by molar-refractivity contribution is 5.87. The second-order valence-corrected chi connectivity index (χ2v) is 2.19. The fraction of sp³-hybridized carbons (Fsp3) is 0.286. The molecule has 0 spiro atoms. The maximum atomic E-state index is 10.5. The minimum atomic E-state index is -0.833. The number of nitrogens with zero attached hydrogens (tertiary/aromatic N) is 1. The first-order valence-corrected chi connectivity index (χ1v) is 3.42. The minimum absolute atomic E-state index is 0.241. The van der Waals surface area contributed by atoms with Gasteiger partial charge in [-0.15, -0.1) is 0 Å². The lowest BCUT2D eigenvalue weighted by atomic mass is 10.4. The van der Waals surface area contributed by atoms with Crippen molar-refractivity contribution in [1.82, 2.24) is 0 Å². The van der Waals surface area contributed by atoms with Crippen LogP contribution in [0.1, 0.15) is 13.8 Å². The number of carboxylic acid groups (broad SMARTS) is 1. The summed E-state index contributed by atoms with van der Waals surface area (Å²) >= 11 is 0. The Hall–Kier alpha value is -2.05. The Morgan fingerprint density at radius 3 is 1.93 bits per heavy atom. The van der Waals surface area contributed by atoms with Crippen LogP contribution in [0.15, 0.2) is 17.3 Å². The molecular formula is C7H13N3O4. The maximum absolute atomic E-state index is 10.5. The summed E-state index contributed by atoms with van der Waals surface area (Å²) in [4.78, 5) is 23.7. The van der Waals surface area contributed by atoms with Crippen molar-refractivity contribution in [3.8, 4) is 0 Å². The Morgan fingerprint density at radius 2 is 1.71 bits per heavy atom. The number of carbonyl (C=O) groups is 2. The molecule has 0 aromatic rings. The van der Waals surface area contributed by atoms with Gasteiger partial charge in [0.15, 0.2) is 0 Å². The Balaban J connectivity index is 0. The molecule has 0 heterocycles. The van der Waals surface area contributed by atoms with E-state index in [4.69, 9.17) is 21.4 Å². The first-order valence-electron chi connectivity index (χ1n) is 3.42. The van der Waals surface area contributed by atoms with Crippen molar-refractivity contribution in [3.05, 3.63) is 12.2 Å². The van der Waals surface area contributed by atoms with Gasteiger partial charge in [-0.1, -0.05) is 6.58 Å². The largest absolute Gasteiger partial charge is 0.481 e. The Labute approximate surface area is 81.0 Å². The molecule has 0 atom stereocenters. The number of nitrogens with two attached hydrogens (primary N) is 2. The lowest BCUT2D eigenvalue weighted by molar-refractivity contribution is -0.139. The van der Waals surface area contributed by atoms with Crippen LogP contribution in [0.4, 0.5) is 0 Å². The number of hydrogen-bond donors (Lipinski definition) is 3. The standard InChI is InChI=1S/C5H9N3O2.C2H4O2/c1-3(2)4(9)10-8-5(6)7;1-2(3)4/h1H2,2H3,(H4,6,7,8);1H3,(H,3,4). The Kier molecular flexibility index (Phi) is 7.85. The smallest absolute Gasteiger partial charge is 0.361 e. The summed E-state index contributed by atoms with van der Waals surface area (Å²) in [7, 11) is 0. The van der Waals surface area contributed by atoms with E-state index < -0.39 is 11.9 Å². The number of oxime groups is 1. The summed E-state index contributed by atoms with van der Waals surface area (Å²) < 4.78 is 0. The molecule has 0 amide bonds. The third-order valence-corrected chi connectivity index (χ3v) is 0.582. The first-order chi connectivity index (χ1) is 6.27. The van der Waals surface area contributed by atoms with Crippen molar-refractivity contribution in [2.24, 2.45) is 16.6 Å². The van der Waals surface area contributed by atoms with Crippen LogP contribution in [-0.2, 0) is 14.4 Å². The molecule has 7 nitrogen and oxygen atoms in total. The van der Waals surface area contributed by atoms with E-state index in [1.807, 2.05) is 0 Å². The van der Waals surface area contributed by atoms with Gasteiger partial charge in [0, 0.05) is 12.5 Å². The molecule has 14 heavy (non-hydrogen) atoms. The summed E-state index contributed by atoms with van der Waals surface area (Å²) in [6.07, 6.45) is 0. The third kappa shape index (κ3) is 16.5. The highest BCUT2D eigenvalue weighted by Gasteiger charge is 2.00. The molecule has 7 heteroatoms. The van der Waals surface area contributed by atoms with Crippen LogP contribution in [0, 0.1) is 0 Å². The highest BCUT2D eigenvalue weighted by atomic mass is 16.7. The van der Waals surface area contributed by atoms with Gasteiger partial charge < -0.3 is 21.4 Å². The van der Waals surface area contributed by atoms with Gasteiger partial charge >= 0.3 is 5.97 Å². The molecule has 0 radical (unpaired) electrons. The number of rotatable bonds is 2. The van der Waals surface area contributed by atoms with Gasteiger partial charge in [0.25, 0.3) is 5.97 Å². The normalized spacial score (nSPS) is 7.57. The van der Waals surface area contributed by atoms with Crippen molar-refractivity contribution in [2.45, 2.75) is 13.8 Å². The number of aliphatic carboxylic acids is 1. The second-order valence-electron chi connectivity index (χ2n) is 2.19. The van der Waals surface area contributed by atoms with Crippen molar-refractivity contribution in [3.63, 3.8) is 0 Å². The third-order valence-electron chi connectivity index (χ3n) is 0.582. The van der Waals surface area contributed by atoms with Crippen molar-refractivity contribution in [1.29, 1.82) is 0 Å². The van der Waals surface area contributed by atoms with E-state index >= 15 is 0 Å². The van der Waals surface area contributed by atoms with Crippen LogP contribution in [0.3, 0.4) is 0 Å². The van der Waals surface area contributed by atoms with Crippen LogP contribution < -0.4 is 11.5 Å². The molecule has 0 aliphatic carbocycles. The van der Waals surface area contributed by atoms with E-state index in [0.717, 1.165) is 6.92 Å². The summed E-state index contributed by atoms with van der Waals surface area (Å²) in [5.74, 6) is -1.77. The average Bonchev–Trinajstić information content (AvgIpc) is 1.98. The monoisotopic (exact) mass is 203 g/mol. The molecular weight excluding hydrogens is 190 g/mol. The topological polar surface area (TPSA) is 128 Å². The lowest BCUT2D eigenvalue weighted by Crippen LogP contribution is -2.23. The zero-order valence-corrected chi connectivity index (χ0v) is 7.98. The predicted octanol–water partition coefficient (Wildman–Crippen LogP) is -0.615. The van der Waals surface area contributed by atoms with Gasteiger partial charge in [0.05, 0.1) is 0 Å². The SMILES string of the molecule is C=C(C)C(=O)ON=C(N)N.CC(=O)O. The fourth-order valence-electron chi connectivity index (χ4n) is 0.172. The predicted molar refractivity (Wildman–Crippen MR) is 50.0 cm³/mol. The van der Waals surface area contributed by atoms with Crippen LogP contribution in [0.5, 0.6) is 0 Å². The van der Waals surface area contributed by atoms with Crippen molar-refractivity contribution >= 4 is 17.9 Å². The average molecular weight is 203 g/mol. The molecule has 5 N–H and O–H groups in total.